The van der Waals surface area contributed by atoms with Gasteiger partial charge in [-0.05, 0) is 31.2 Å². The van der Waals surface area contributed by atoms with Crippen molar-refractivity contribution in [3.63, 3.8) is 0 Å². The molecule has 0 heterocycles. The molecule has 18 heavy (non-hydrogen) atoms. The molecule has 3 N–H and O–H groups in total. The van der Waals surface area contributed by atoms with Gasteiger partial charge in [-0.2, -0.15) is 0 Å². The number of rotatable bonds is 3. The molecule has 0 aliphatic rings. The molecule has 4 heteroatoms. The maximum Gasteiger partial charge on any atom is 0.131 e. The number of phenolic OH excluding ortho intramolecular Hbond substituents is 3. The lowest BCUT2D eigenvalue weighted by atomic mass is 10.0. The lowest BCUT2D eigenvalue weighted by Crippen LogP contribution is -1.94. The van der Waals surface area contributed by atoms with Gasteiger partial charge in [0.1, 0.15) is 23.0 Å². The Labute approximate surface area is 105 Å². The first-order valence-corrected chi connectivity index (χ1v) is 5.61. The van der Waals surface area contributed by atoms with Gasteiger partial charge in [0.2, 0.25) is 0 Å². The Bertz CT molecular complexity index is 543. The van der Waals surface area contributed by atoms with Crippen molar-refractivity contribution in [2.75, 3.05) is 6.61 Å². The van der Waals surface area contributed by atoms with Crippen molar-refractivity contribution in [1.29, 1.82) is 0 Å². The van der Waals surface area contributed by atoms with Crippen molar-refractivity contribution in [1.82, 2.24) is 0 Å². The molecule has 0 saturated carbocycles. The summed E-state index contributed by atoms with van der Waals surface area (Å²) in [5.74, 6) is 0.127. The molecule has 0 spiro atoms. The molecule has 2 rings (SSSR count). The van der Waals surface area contributed by atoms with Crippen LogP contribution >= 0.6 is 0 Å². The topological polar surface area (TPSA) is 69.9 Å². The molecule has 0 saturated heterocycles. The first kappa shape index (κ1) is 12.1. The average molecular weight is 246 g/mol. The van der Waals surface area contributed by atoms with Gasteiger partial charge < -0.3 is 20.1 Å². The summed E-state index contributed by atoms with van der Waals surface area (Å²) < 4.78 is 5.40. The predicted molar refractivity (Wildman–Crippen MR) is 68.0 cm³/mol. The van der Waals surface area contributed by atoms with Crippen LogP contribution in [0.15, 0.2) is 36.4 Å². The summed E-state index contributed by atoms with van der Waals surface area (Å²) in [6.45, 7) is 2.24. The van der Waals surface area contributed by atoms with E-state index in [-0.39, 0.29) is 28.4 Å². The smallest absolute Gasteiger partial charge is 0.131 e. The Balaban J connectivity index is 2.70. The second-order valence-corrected chi connectivity index (χ2v) is 3.75. The minimum absolute atomic E-state index is 0.0576. The number of ether oxygens (including phenoxy) is 1. The normalized spacial score (nSPS) is 10.3. The molecular formula is C14H14O4. The SMILES string of the molecule is CCOc1cccc(O)c1-c1c(O)cccc1O. The first-order valence-electron chi connectivity index (χ1n) is 5.61. The molecule has 0 amide bonds. The molecule has 0 fully saturated rings. The van der Waals surface area contributed by atoms with E-state index in [1.165, 1.54) is 24.3 Å². The quantitative estimate of drug-likeness (QED) is 0.778. The molecule has 0 aromatic heterocycles. The molecule has 4 nitrogen and oxygen atoms in total. The van der Waals surface area contributed by atoms with Crippen LogP contribution in [0, 0.1) is 0 Å². The lowest BCUT2D eigenvalue weighted by Gasteiger charge is -2.14. The molecule has 0 radical (unpaired) electrons. The van der Waals surface area contributed by atoms with Gasteiger partial charge >= 0.3 is 0 Å². The maximum atomic E-state index is 9.92. The second-order valence-electron chi connectivity index (χ2n) is 3.75. The average Bonchev–Trinajstić information content (AvgIpc) is 2.32. The highest BCUT2D eigenvalue weighted by atomic mass is 16.5. The molecule has 94 valence electrons. The first-order chi connectivity index (χ1) is 8.65. The Hall–Kier alpha value is -2.36. The van der Waals surface area contributed by atoms with Crippen LogP contribution in [0.1, 0.15) is 6.92 Å². The van der Waals surface area contributed by atoms with Crippen molar-refractivity contribution in [3.8, 4) is 34.1 Å². The summed E-state index contributed by atoms with van der Waals surface area (Å²) in [5.41, 5.74) is 0.453. The second kappa shape index (κ2) is 4.87. The minimum atomic E-state index is -0.113. The zero-order valence-electron chi connectivity index (χ0n) is 9.92. The van der Waals surface area contributed by atoms with Crippen LogP contribution in [0.2, 0.25) is 0 Å². The number of hydrogen-bond donors (Lipinski definition) is 3. The third-order valence-electron chi connectivity index (χ3n) is 2.57. The third kappa shape index (κ3) is 2.05. The highest BCUT2D eigenvalue weighted by Crippen LogP contribution is 2.46. The Kier molecular flexibility index (Phi) is 3.28. The summed E-state index contributed by atoms with van der Waals surface area (Å²) in [7, 11) is 0. The fraction of sp³-hybridized carbons (Fsp3) is 0.143. The van der Waals surface area contributed by atoms with E-state index < -0.39 is 0 Å². The fourth-order valence-electron chi connectivity index (χ4n) is 1.83. The minimum Gasteiger partial charge on any atom is -0.507 e. The Morgan fingerprint density at radius 1 is 0.833 bits per heavy atom. The highest BCUT2D eigenvalue weighted by Gasteiger charge is 2.18. The van der Waals surface area contributed by atoms with E-state index in [9.17, 15) is 15.3 Å². The van der Waals surface area contributed by atoms with Crippen molar-refractivity contribution in [2.45, 2.75) is 6.92 Å². The zero-order chi connectivity index (χ0) is 13.1. The van der Waals surface area contributed by atoms with Gasteiger partial charge in [-0.15, -0.1) is 0 Å². The molecule has 0 bridgehead atoms. The monoisotopic (exact) mass is 246 g/mol. The van der Waals surface area contributed by atoms with Gasteiger partial charge in [-0.25, -0.2) is 0 Å². The van der Waals surface area contributed by atoms with Crippen LogP contribution in [0.5, 0.6) is 23.0 Å². The molecular weight excluding hydrogens is 232 g/mol. The van der Waals surface area contributed by atoms with E-state index in [2.05, 4.69) is 0 Å². The fourth-order valence-corrected chi connectivity index (χ4v) is 1.83. The third-order valence-corrected chi connectivity index (χ3v) is 2.57. The number of aromatic hydroxyl groups is 3. The number of benzene rings is 2. The number of hydrogen-bond acceptors (Lipinski definition) is 4. The van der Waals surface area contributed by atoms with Crippen LogP contribution in [0.3, 0.4) is 0 Å². The molecule has 2 aromatic carbocycles. The van der Waals surface area contributed by atoms with Crippen LogP contribution < -0.4 is 4.74 Å². The molecule has 0 atom stereocenters. The zero-order valence-corrected chi connectivity index (χ0v) is 9.92. The number of phenols is 3. The van der Waals surface area contributed by atoms with Crippen LogP contribution in [0.25, 0.3) is 11.1 Å². The highest BCUT2D eigenvalue weighted by molar-refractivity contribution is 5.84. The summed E-state index contributed by atoms with van der Waals surface area (Å²) in [4.78, 5) is 0. The van der Waals surface area contributed by atoms with Gasteiger partial charge in [0.15, 0.2) is 0 Å². The van der Waals surface area contributed by atoms with Crippen LogP contribution in [0.4, 0.5) is 0 Å². The van der Waals surface area contributed by atoms with Gasteiger partial charge in [-0.3, -0.25) is 0 Å². The maximum absolute atomic E-state index is 9.92. The van der Waals surface area contributed by atoms with Gasteiger partial charge in [-0.1, -0.05) is 12.1 Å². The molecule has 0 aliphatic carbocycles. The summed E-state index contributed by atoms with van der Waals surface area (Å²) >= 11 is 0. The predicted octanol–water partition coefficient (Wildman–Crippen LogP) is 2.87. The van der Waals surface area contributed by atoms with E-state index in [1.54, 1.807) is 12.1 Å². The summed E-state index contributed by atoms with van der Waals surface area (Å²) in [6, 6.07) is 9.19. The standard InChI is InChI=1S/C14H14O4/c1-2-18-12-8-4-7-11(17)14(12)13-9(15)5-3-6-10(13)16/h3-8,15-17H,2H2,1H3. The van der Waals surface area contributed by atoms with Gasteiger partial charge in [0.05, 0.1) is 17.7 Å². The van der Waals surface area contributed by atoms with Gasteiger partial charge in [0, 0.05) is 0 Å². The molecule has 2 aromatic rings. The van der Waals surface area contributed by atoms with Gasteiger partial charge in [0.25, 0.3) is 0 Å². The summed E-state index contributed by atoms with van der Waals surface area (Å²) in [6.07, 6.45) is 0. The summed E-state index contributed by atoms with van der Waals surface area (Å²) in [5, 5.41) is 29.6. The van der Waals surface area contributed by atoms with E-state index in [1.807, 2.05) is 6.92 Å². The Morgan fingerprint density at radius 2 is 1.33 bits per heavy atom. The van der Waals surface area contributed by atoms with Crippen molar-refractivity contribution >= 4 is 0 Å². The van der Waals surface area contributed by atoms with Crippen molar-refractivity contribution in [3.05, 3.63) is 36.4 Å². The van der Waals surface area contributed by atoms with E-state index in [0.717, 1.165) is 0 Å². The lowest BCUT2D eigenvalue weighted by molar-refractivity contribution is 0.339. The largest absolute Gasteiger partial charge is 0.507 e. The van der Waals surface area contributed by atoms with Crippen molar-refractivity contribution in [2.24, 2.45) is 0 Å². The van der Waals surface area contributed by atoms with Crippen LogP contribution in [-0.2, 0) is 0 Å². The Morgan fingerprint density at radius 3 is 1.89 bits per heavy atom. The van der Waals surface area contributed by atoms with E-state index >= 15 is 0 Å². The van der Waals surface area contributed by atoms with Crippen molar-refractivity contribution < 1.29 is 20.1 Å². The molecule has 0 unspecified atom stereocenters. The van der Waals surface area contributed by atoms with E-state index in [4.69, 9.17) is 4.74 Å². The van der Waals surface area contributed by atoms with E-state index in [0.29, 0.717) is 12.4 Å². The van der Waals surface area contributed by atoms with Crippen LogP contribution in [-0.4, -0.2) is 21.9 Å². The molecule has 0 aliphatic heterocycles.